The molecule has 2 N–H and O–H groups in total. The van der Waals surface area contributed by atoms with Gasteiger partial charge in [0.05, 0.1) is 12.8 Å². The second kappa shape index (κ2) is 6.49. The van der Waals surface area contributed by atoms with Crippen LogP contribution in [-0.2, 0) is 6.42 Å². The normalized spacial score (nSPS) is 10.8. The Labute approximate surface area is 145 Å². The summed E-state index contributed by atoms with van der Waals surface area (Å²) in [4.78, 5) is 0. The summed E-state index contributed by atoms with van der Waals surface area (Å²) in [6.45, 7) is 4.03. The number of methoxy groups -OCH3 is 1. The van der Waals surface area contributed by atoms with E-state index in [0.29, 0.717) is 10.6 Å². The Kier molecular flexibility index (Phi) is 4.40. The molecule has 0 unspecified atom stereocenters. The topological polar surface area (TPSA) is 63.1 Å². The number of hydrogen-bond acceptors (Lipinski definition) is 4. The van der Waals surface area contributed by atoms with Crippen LogP contribution in [0.25, 0.3) is 17.1 Å². The van der Waals surface area contributed by atoms with Crippen LogP contribution in [-0.4, -0.2) is 27.0 Å². The van der Waals surface area contributed by atoms with Crippen LogP contribution in [0.5, 0.6) is 11.5 Å². The Morgan fingerprint density at radius 2 is 2.04 bits per heavy atom. The van der Waals surface area contributed by atoms with E-state index < -0.39 is 0 Å². The number of aromatic amines is 1. The number of aromatic hydroxyl groups is 1. The molecule has 124 valence electrons. The number of aryl methyl sites for hydroxylation is 2. The zero-order valence-electron chi connectivity index (χ0n) is 13.8. The molecule has 0 atom stereocenters. The van der Waals surface area contributed by atoms with Crippen molar-refractivity contribution in [3.8, 4) is 28.6 Å². The highest BCUT2D eigenvalue weighted by atomic mass is 32.1. The Bertz CT molecular complexity index is 944. The molecular formula is C18H19N3O2S. The highest BCUT2D eigenvalue weighted by molar-refractivity contribution is 7.71. The van der Waals surface area contributed by atoms with E-state index in [4.69, 9.17) is 17.0 Å². The summed E-state index contributed by atoms with van der Waals surface area (Å²) in [5.74, 6) is 1.63. The molecule has 0 saturated carbocycles. The number of H-pyrrole nitrogens is 1. The summed E-state index contributed by atoms with van der Waals surface area (Å²) < 4.78 is 7.87. The van der Waals surface area contributed by atoms with Gasteiger partial charge in [-0.25, -0.2) is 0 Å². The fourth-order valence-electron chi connectivity index (χ4n) is 2.73. The van der Waals surface area contributed by atoms with Crippen LogP contribution in [0.4, 0.5) is 0 Å². The van der Waals surface area contributed by atoms with Crippen LogP contribution in [0.3, 0.4) is 0 Å². The van der Waals surface area contributed by atoms with E-state index in [1.54, 1.807) is 19.2 Å². The van der Waals surface area contributed by atoms with Crippen LogP contribution >= 0.6 is 12.2 Å². The minimum atomic E-state index is 0.225. The van der Waals surface area contributed by atoms with Gasteiger partial charge >= 0.3 is 0 Å². The number of hydrogen-bond donors (Lipinski definition) is 2. The molecule has 0 radical (unpaired) electrons. The molecule has 24 heavy (non-hydrogen) atoms. The van der Waals surface area contributed by atoms with Crippen LogP contribution in [0.2, 0.25) is 0 Å². The van der Waals surface area contributed by atoms with Gasteiger partial charge in [0.2, 0.25) is 0 Å². The molecule has 0 saturated heterocycles. The number of nitrogens with one attached hydrogen (secondary N) is 1. The first-order chi connectivity index (χ1) is 11.5. The minimum absolute atomic E-state index is 0.225. The number of phenols is 1. The third-order valence-electron chi connectivity index (χ3n) is 4.02. The fourth-order valence-corrected chi connectivity index (χ4v) is 2.96. The highest BCUT2D eigenvalue weighted by Gasteiger charge is 2.16. The van der Waals surface area contributed by atoms with E-state index in [-0.39, 0.29) is 5.75 Å². The zero-order chi connectivity index (χ0) is 17.3. The number of benzene rings is 2. The fraction of sp³-hybridized carbons (Fsp3) is 0.222. The van der Waals surface area contributed by atoms with Gasteiger partial charge in [-0.05, 0) is 67.0 Å². The summed E-state index contributed by atoms with van der Waals surface area (Å²) in [6.07, 6.45) is 0.912. The predicted molar refractivity (Wildman–Crippen MR) is 96.5 cm³/mol. The van der Waals surface area contributed by atoms with Gasteiger partial charge in [-0.2, -0.15) is 5.10 Å². The second-order valence-electron chi connectivity index (χ2n) is 5.55. The van der Waals surface area contributed by atoms with E-state index in [9.17, 15) is 5.11 Å². The first kappa shape index (κ1) is 16.3. The maximum atomic E-state index is 9.65. The number of phenolic OH excluding ortho intramolecular Hbond substituents is 1. The number of nitrogens with zero attached hydrogens (tertiary/aromatic N) is 2. The van der Waals surface area contributed by atoms with Crippen molar-refractivity contribution in [2.45, 2.75) is 20.3 Å². The average molecular weight is 341 g/mol. The summed E-state index contributed by atoms with van der Waals surface area (Å²) in [5.41, 5.74) is 3.83. The van der Waals surface area contributed by atoms with Gasteiger partial charge in [0.1, 0.15) is 11.5 Å². The average Bonchev–Trinajstić information content (AvgIpc) is 2.95. The monoisotopic (exact) mass is 341 g/mol. The minimum Gasteiger partial charge on any atom is -0.508 e. The first-order valence-electron chi connectivity index (χ1n) is 7.69. The van der Waals surface area contributed by atoms with Crippen molar-refractivity contribution in [3.63, 3.8) is 0 Å². The first-order valence-corrected chi connectivity index (χ1v) is 8.10. The van der Waals surface area contributed by atoms with E-state index >= 15 is 0 Å². The molecule has 6 heteroatoms. The molecule has 0 aliphatic carbocycles. The lowest BCUT2D eigenvalue weighted by Crippen LogP contribution is -2.02. The molecule has 2 aromatic carbocycles. The molecule has 0 spiro atoms. The van der Waals surface area contributed by atoms with Crippen molar-refractivity contribution in [3.05, 3.63) is 52.3 Å². The van der Waals surface area contributed by atoms with Crippen LogP contribution in [0.1, 0.15) is 18.1 Å². The maximum absolute atomic E-state index is 9.65. The van der Waals surface area contributed by atoms with Gasteiger partial charge in [0.25, 0.3) is 0 Å². The Morgan fingerprint density at radius 3 is 2.71 bits per heavy atom. The third-order valence-corrected chi connectivity index (χ3v) is 4.29. The van der Waals surface area contributed by atoms with Gasteiger partial charge in [0.15, 0.2) is 10.6 Å². The molecule has 0 aliphatic rings. The van der Waals surface area contributed by atoms with E-state index in [1.165, 1.54) is 5.56 Å². The van der Waals surface area contributed by atoms with Gasteiger partial charge in [-0.15, -0.1) is 0 Å². The van der Waals surface area contributed by atoms with Crippen molar-refractivity contribution < 1.29 is 9.84 Å². The maximum Gasteiger partial charge on any atom is 0.200 e. The van der Waals surface area contributed by atoms with Crippen LogP contribution in [0.15, 0.2) is 36.4 Å². The number of aromatic nitrogens is 3. The lowest BCUT2D eigenvalue weighted by atomic mass is 10.1. The molecule has 3 aromatic rings. The lowest BCUT2D eigenvalue weighted by molar-refractivity contribution is 0.412. The molecular weight excluding hydrogens is 322 g/mol. The van der Waals surface area contributed by atoms with Gasteiger partial charge in [-0.3, -0.25) is 9.67 Å². The summed E-state index contributed by atoms with van der Waals surface area (Å²) in [7, 11) is 1.64. The zero-order valence-corrected chi connectivity index (χ0v) is 14.6. The summed E-state index contributed by atoms with van der Waals surface area (Å²) in [6, 6.07) is 11.2. The van der Waals surface area contributed by atoms with Crippen molar-refractivity contribution in [2.24, 2.45) is 0 Å². The quantitative estimate of drug-likeness (QED) is 0.699. The molecule has 1 heterocycles. The molecule has 5 nitrogen and oxygen atoms in total. The van der Waals surface area contributed by atoms with Gasteiger partial charge < -0.3 is 9.84 Å². The van der Waals surface area contributed by atoms with Gasteiger partial charge in [0, 0.05) is 5.56 Å². The SMILES string of the molecule is CCc1ccc(OC)c(-n2c(-c3ccc(O)cc3C)n[nH]c2=S)c1. The van der Waals surface area contributed by atoms with Crippen molar-refractivity contribution in [2.75, 3.05) is 7.11 Å². The molecule has 3 rings (SSSR count). The number of ether oxygens (including phenoxy) is 1. The van der Waals surface area contributed by atoms with Crippen molar-refractivity contribution in [1.82, 2.24) is 14.8 Å². The molecule has 0 bridgehead atoms. The molecule has 0 amide bonds. The molecule has 0 fully saturated rings. The summed E-state index contributed by atoms with van der Waals surface area (Å²) >= 11 is 5.45. The standard InChI is InChI=1S/C18H19N3O2S/c1-4-12-5-8-16(23-3)15(10-12)21-17(19-20-18(21)24)14-7-6-13(22)9-11(14)2/h5-10,22H,4H2,1-3H3,(H,20,24). The Balaban J connectivity index is 2.27. The van der Waals surface area contributed by atoms with Crippen LogP contribution in [0, 0.1) is 11.7 Å². The Hall–Kier alpha value is -2.60. The van der Waals surface area contributed by atoms with Crippen molar-refractivity contribution >= 4 is 12.2 Å². The summed E-state index contributed by atoms with van der Waals surface area (Å²) in [5, 5.41) is 16.9. The second-order valence-corrected chi connectivity index (χ2v) is 5.93. The van der Waals surface area contributed by atoms with Crippen LogP contribution < -0.4 is 4.74 Å². The lowest BCUT2D eigenvalue weighted by Gasteiger charge is -2.14. The smallest absolute Gasteiger partial charge is 0.200 e. The number of rotatable bonds is 4. The van der Waals surface area contributed by atoms with E-state index in [0.717, 1.165) is 29.0 Å². The van der Waals surface area contributed by atoms with E-state index in [1.807, 2.05) is 29.7 Å². The predicted octanol–water partition coefficient (Wildman–Crippen LogP) is 4.18. The molecule has 0 aliphatic heterocycles. The third kappa shape index (κ3) is 2.80. The highest BCUT2D eigenvalue weighted by Crippen LogP contribution is 2.31. The Morgan fingerprint density at radius 1 is 1.25 bits per heavy atom. The van der Waals surface area contributed by atoms with E-state index in [2.05, 4.69) is 23.2 Å². The molecule has 1 aromatic heterocycles. The largest absolute Gasteiger partial charge is 0.508 e. The van der Waals surface area contributed by atoms with Gasteiger partial charge in [-0.1, -0.05) is 13.0 Å². The van der Waals surface area contributed by atoms with Crippen molar-refractivity contribution in [1.29, 1.82) is 0 Å².